The van der Waals surface area contributed by atoms with E-state index < -0.39 is 0 Å². The molecular formula is C32H41ClN6O. The second-order valence-corrected chi connectivity index (χ2v) is 10.8. The van der Waals surface area contributed by atoms with Crippen LogP contribution in [0.15, 0.2) is 60.8 Å². The molecule has 2 aliphatic rings. The van der Waals surface area contributed by atoms with Crippen molar-refractivity contribution in [2.24, 2.45) is 7.05 Å². The lowest BCUT2D eigenvalue weighted by atomic mass is 10.2. The number of hydrogen-bond donors (Lipinski definition) is 1. The number of halogens is 1. The number of amides is 1. The second-order valence-electron chi connectivity index (χ2n) is 10.4. The van der Waals surface area contributed by atoms with Crippen LogP contribution in [-0.4, -0.2) is 77.6 Å². The summed E-state index contributed by atoms with van der Waals surface area (Å²) in [7, 11) is 2.02. The highest BCUT2D eigenvalue weighted by Crippen LogP contribution is 2.27. The van der Waals surface area contributed by atoms with E-state index in [0.29, 0.717) is 0 Å². The molecule has 0 atom stereocenters. The van der Waals surface area contributed by atoms with E-state index in [2.05, 4.69) is 67.6 Å². The molecule has 0 radical (unpaired) electrons. The molecule has 4 heterocycles. The van der Waals surface area contributed by atoms with E-state index in [1.54, 1.807) is 0 Å². The summed E-state index contributed by atoms with van der Waals surface area (Å²) in [5.74, 6) is 0.131. The Morgan fingerprint density at radius 3 is 2.30 bits per heavy atom. The molecule has 6 rings (SSSR count). The summed E-state index contributed by atoms with van der Waals surface area (Å²) in [6.07, 6.45) is 1.97. The molecule has 0 unspecified atom stereocenters. The quantitative estimate of drug-likeness (QED) is 0.336. The Balaban J connectivity index is 0.00000158. The fourth-order valence-electron chi connectivity index (χ4n) is 5.79. The van der Waals surface area contributed by atoms with Crippen LogP contribution < -0.4 is 9.80 Å². The summed E-state index contributed by atoms with van der Waals surface area (Å²) < 4.78 is 2.07. The molecule has 8 heteroatoms. The summed E-state index contributed by atoms with van der Waals surface area (Å²) in [6, 6.07) is 18.8. The minimum absolute atomic E-state index is 0.131. The number of aromatic nitrogens is 2. The van der Waals surface area contributed by atoms with Gasteiger partial charge in [-0.25, -0.2) is 0 Å². The van der Waals surface area contributed by atoms with Gasteiger partial charge in [-0.05, 0) is 55.0 Å². The fourth-order valence-corrected chi connectivity index (χ4v) is 6.05. The maximum Gasteiger partial charge on any atom is 0.270 e. The van der Waals surface area contributed by atoms with Crippen molar-refractivity contribution < 1.29 is 4.79 Å². The monoisotopic (exact) mass is 560 g/mol. The van der Waals surface area contributed by atoms with Gasteiger partial charge in [0.05, 0.1) is 10.7 Å². The molecule has 2 aliphatic heterocycles. The summed E-state index contributed by atoms with van der Waals surface area (Å²) >= 11 is 6.42. The minimum Gasteiger partial charge on any atom is -0.368 e. The van der Waals surface area contributed by atoms with Crippen LogP contribution in [0.25, 0.3) is 10.9 Å². The number of H-pyrrole nitrogens is 1. The molecule has 2 aromatic heterocycles. The largest absolute Gasteiger partial charge is 0.368 e. The number of nitrogens with zero attached hydrogens (tertiary/aromatic N) is 5. The van der Waals surface area contributed by atoms with Crippen molar-refractivity contribution in [2.45, 2.75) is 27.3 Å². The third kappa shape index (κ3) is 5.72. The Bertz CT molecular complexity index is 1440. The molecule has 0 saturated carbocycles. The van der Waals surface area contributed by atoms with E-state index in [9.17, 15) is 4.79 Å². The van der Waals surface area contributed by atoms with Gasteiger partial charge < -0.3 is 24.3 Å². The first-order chi connectivity index (χ1) is 19.5. The highest BCUT2D eigenvalue weighted by Gasteiger charge is 2.27. The lowest BCUT2D eigenvalue weighted by Crippen LogP contribution is -2.49. The number of rotatable bonds is 5. The predicted molar refractivity (Wildman–Crippen MR) is 167 cm³/mol. The number of aromatic amines is 1. The van der Waals surface area contributed by atoms with E-state index in [1.165, 1.54) is 22.3 Å². The van der Waals surface area contributed by atoms with Gasteiger partial charge in [-0.15, -0.1) is 0 Å². The first-order valence-corrected chi connectivity index (χ1v) is 14.8. The molecule has 2 aromatic carbocycles. The van der Waals surface area contributed by atoms with Crippen LogP contribution in [0.2, 0.25) is 5.02 Å². The molecule has 40 heavy (non-hydrogen) atoms. The van der Waals surface area contributed by atoms with Gasteiger partial charge in [0.2, 0.25) is 0 Å². The summed E-state index contributed by atoms with van der Waals surface area (Å²) in [5, 5.41) is 2.03. The third-order valence-electron chi connectivity index (χ3n) is 8.29. The average molecular weight is 561 g/mol. The van der Waals surface area contributed by atoms with Crippen LogP contribution >= 0.6 is 11.6 Å². The number of fused-ring (bicyclic) bond motifs is 1. The maximum absolute atomic E-state index is 13.5. The Morgan fingerprint density at radius 2 is 1.57 bits per heavy atom. The summed E-state index contributed by atoms with van der Waals surface area (Å²) in [4.78, 5) is 26.0. The SMILES string of the molecule is CC.Cc1c(CN2CCN(c3ccccc3Cl)CC2)cc(C(=O)N2CCN(c3ccc4[nH]ccc4c3)CC2)n1C. The van der Waals surface area contributed by atoms with Crippen molar-refractivity contribution in [3.05, 3.63) is 82.8 Å². The van der Waals surface area contributed by atoms with Gasteiger partial charge in [-0.2, -0.15) is 0 Å². The summed E-state index contributed by atoms with van der Waals surface area (Å²) in [5.41, 5.74) is 6.67. The van der Waals surface area contributed by atoms with E-state index in [-0.39, 0.29) is 5.91 Å². The van der Waals surface area contributed by atoms with Crippen LogP contribution in [0.4, 0.5) is 11.4 Å². The number of anilines is 2. The van der Waals surface area contributed by atoms with E-state index in [1.807, 2.05) is 50.2 Å². The van der Waals surface area contributed by atoms with Crippen LogP contribution in [0.1, 0.15) is 35.6 Å². The lowest BCUT2D eigenvalue weighted by molar-refractivity contribution is 0.0737. The van der Waals surface area contributed by atoms with Gasteiger partial charge >= 0.3 is 0 Å². The zero-order valence-corrected chi connectivity index (χ0v) is 24.9. The van der Waals surface area contributed by atoms with Crippen molar-refractivity contribution in [3.8, 4) is 0 Å². The molecule has 4 aromatic rings. The topological polar surface area (TPSA) is 50.8 Å². The van der Waals surface area contributed by atoms with E-state index in [4.69, 9.17) is 11.6 Å². The van der Waals surface area contributed by atoms with Crippen LogP contribution in [0.5, 0.6) is 0 Å². The maximum atomic E-state index is 13.5. The number of carbonyl (C=O) groups excluding carboxylic acids is 1. The van der Waals surface area contributed by atoms with Crippen molar-refractivity contribution in [1.82, 2.24) is 19.4 Å². The van der Waals surface area contributed by atoms with E-state index in [0.717, 1.165) is 80.8 Å². The highest BCUT2D eigenvalue weighted by atomic mass is 35.5. The zero-order chi connectivity index (χ0) is 28.2. The second kappa shape index (κ2) is 12.4. The molecule has 0 spiro atoms. The number of carbonyl (C=O) groups is 1. The Morgan fingerprint density at radius 1 is 0.875 bits per heavy atom. The van der Waals surface area contributed by atoms with Crippen molar-refractivity contribution in [3.63, 3.8) is 0 Å². The average Bonchev–Trinajstić information content (AvgIpc) is 3.58. The van der Waals surface area contributed by atoms with Gasteiger partial charge in [0.25, 0.3) is 5.91 Å². The van der Waals surface area contributed by atoms with Gasteiger partial charge in [0.1, 0.15) is 5.69 Å². The van der Waals surface area contributed by atoms with Crippen LogP contribution in [0.3, 0.4) is 0 Å². The van der Waals surface area contributed by atoms with E-state index >= 15 is 0 Å². The molecule has 1 amide bonds. The molecule has 7 nitrogen and oxygen atoms in total. The molecule has 2 fully saturated rings. The van der Waals surface area contributed by atoms with Crippen molar-refractivity contribution in [1.29, 1.82) is 0 Å². The van der Waals surface area contributed by atoms with Gasteiger partial charge in [-0.3, -0.25) is 9.69 Å². The number of benzene rings is 2. The normalized spacial score (nSPS) is 16.3. The molecule has 0 aliphatic carbocycles. The predicted octanol–water partition coefficient (Wildman–Crippen LogP) is 5.78. The van der Waals surface area contributed by atoms with Gasteiger partial charge in [0.15, 0.2) is 0 Å². The number of para-hydroxylation sites is 1. The molecule has 0 bridgehead atoms. The number of nitrogens with one attached hydrogen (secondary N) is 1. The van der Waals surface area contributed by atoms with Crippen molar-refractivity contribution >= 4 is 39.8 Å². The molecule has 212 valence electrons. The summed E-state index contributed by atoms with van der Waals surface area (Å²) in [6.45, 7) is 14.0. The molecular weight excluding hydrogens is 520 g/mol. The smallest absolute Gasteiger partial charge is 0.270 e. The first-order valence-electron chi connectivity index (χ1n) is 14.5. The number of piperazine rings is 2. The number of hydrogen-bond acceptors (Lipinski definition) is 4. The standard InChI is InChI=1S/C30H35ClN6O.C2H6/c1-22-24(21-34-11-13-36(14-12-34)28-6-4-3-5-26(28)31)20-29(33(22)2)30(38)37-17-15-35(16-18-37)25-7-8-27-23(19-25)9-10-32-27;1-2/h3-10,19-20,32H,11-18,21H2,1-2H3;1-2H3. The Kier molecular flexibility index (Phi) is 8.72. The van der Waals surface area contributed by atoms with Gasteiger partial charge in [-0.1, -0.05) is 37.6 Å². The lowest BCUT2D eigenvalue weighted by Gasteiger charge is -2.36. The highest BCUT2D eigenvalue weighted by molar-refractivity contribution is 6.33. The Hall–Kier alpha value is -3.42. The van der Waals surface area contributed by atoms with Crippen LogP contribution in [0, 0.1) is 6.92 Å². The molecule has 1 N–H and O–H groups in total. The van der Waals surface area contributed by atoms with Crippen LogP contribution in [-0.2, 0) is 13.6 Å². The van der Waals surface area contributed by atoms with Gasteiger partial charge in [0, 0.05) is 94.4 Å². The van der Waals surface area contributed by atoms with Crippen molar-refractivity contribution in [2.75, 3.05) is 62.2 Å². The first kappa shape index (κ1) is 28.1. The Labute approximate surface area is 242 Å². The molecule has 2 saturated heterocycles. The fraction of sp³-hybridized carbons (Fsp3) is 0.406. The zero-order valence-electron chi connectivity index (χ0n) is 24.2. The minimum atomic E-state index is 0.131. The third-order valence-corrected chi connectivity index (χ3v) is 8.61.